The van der Waals surface area contributed by atoms with Gasteiger partial charge in [-0.25, -0.2) is 0 Å². The van der Waals surface area contributed by atoms with E-state index < -0.39 is 30.2 Å². The van der Waals surface area contributed by atoms with E-state index in [0.29, 0.717) is 32.0 Å². The lowest BCUT2D eigenvalue weighted by atomic mass is 10.1. The topological polar surface area (TPSA) is 67.9 Å². The van der Waals surface area contributed by atoms with Crippen molar-refractivity contribution < 1.29 is 32.2 Å². The van der Waals surface area contributed by atoms with E-state index in [1.165, 1.54) is 6.07 Å². The predicted octanol–water partition coefficient (Wildman–Crippen LogP) is 2.68. The lowest BCUT2D eigenvalue weighted by molar-refractivity contribution is -0.148. The maximum Gasteiger partial charge on any atom is 0.416 e. The fraction of sp³-hybridized carbons (Fsp3) is 0.556. The van der Waals surface area contributed by atoms with E-state index in [-0.39, 0.29) is 17.5 Å². The number of benzene rings is 1. The Morgan fingerprint density at radius 1 is 1.30 bits per heavy atom. The fourth-order valence-corrected chi connectivity index (χ4v) is 2.97. The third-order valence-electron chi connectivity index (χ3n) is 4.71. The fourth-order valence-electron chi connectivity index (χ4n) is 2.97. The number of carbonyl (C=O) groups excluding carboxylic acids is 2. The van der Waals surface area contributed by atoms with Crippen molar-refractivity contribution in [2.75, 3.05) is 43.1 Å². The summed E-state index contributed by atoms with van der Waals surface area (Å²) in [5, 5.41) is 2.45. The molecule has 2 atom stereocenters. The predicted molar refractivity (Wildman–Crippen MR) is 91.3 cm³/mol. The highest BCUT2D eigenvalue weighted by Crippen LogP contribution is 2.38. The van der Waals surface area contributed by atoms with Crippen LogP contribution in [0.5, 0.6) is 0 Å². The van der Waals surface area contributed by atoms with Gasteiger partial charge in [0, 0.05) is 13.1 Å². The summed E-state index contributed by atoms with van der Waals surface area (Å²) in [5.74, 6) is -1.06. The van der Waals surface area contributed by atoms with Crippen LogP contribution >= 0.6 is 0 Å². The second-order valence-electron chi connectivity index (χ2n) is 6.80. The Morgan fingerprint density at radius 3 is 2.56 bits per heavy atom. The lowest BCUT2D eigenvalue weighted by Crippen LogP contribution is -2.37. The Morgan fingerprint density at radius 2 is 1.96 bits per heavy atom. The molecule has 0 bridgehead atoms. The Kier molecular flexibility index (Phi) is 5.59. The summed E-state index contributed by atoms with van der Waals surface area (Å²) < 4.78 is 49.4. The normalized spacial score (nSPS) is 22.3. The van der Waals surface area contributed by atoms with Gasteiger partial charge >= 0.3 is 12.1 Å². The number of amides is 1. The van der Waals surface area contributed by atoms with Crippen LogP contribution in [0.4, 0.5) is 24.5 Å². The zero-order chi connectivity index (χ0) is 19.6. The summed E-state index contributed by atoms with van der Waals surface area (Å²) in [6, 6.07) is 3.21. The minimum atomic E-state index is -4.53. The van der Waals surface area contributed by atoms with Gasteiger partial charge in [0.1, 0.15) is 0 Å². The van der Waals surface area contributed by atoms with Crippen LogP contribution in [0.3, 0.4) is 0 Å². The highest BCUT2D eigenvalue weighted by molar-refractivity contribution is 5.96. The van der Waals surface area contributed by atoms with E-state index in [9.17, 15) is 22.8 Å². The van der Waals surface area contributed by atoms with Crippen LogP contribution in [-0.4, -0.2) is 44.8 Å². The molecule has 2 aliphatic rings. The number of hydrogen-bond acceptors (Lipinski definition) is 5. The maximum absolute atomic E-state index is 13.0. The van der Waals surface area contributed by atoms with Gasteiger partial charge in [0.2, 0.25) is 0 Å². The molecule has 148 valence electrons. The van der Waals surface area contributed by atoms with Crippen molar-refractivity contribution in [1.82, 2.24) is 0 Å². The van der Waals surface area contributed by atoms with Gasteiger partial charge < -0.3 is 19.7 Å². The van der Waals surface area contributed by atoms with Crippen molar-refractivity contribution in [3.8, 4) is 0 Å². The number of nitrogens with zero attached hydrogens (tertiary/aromatic N) is 1. The van der Waals surface area contributed by atoms with Crippen molar-refractivity contribution >= 4 is 23.3 Å². The van der Waals surface area contributed by atoms with Crippen LogP contribution in [0, 0.1) is 11.8 Å². The Bertz CT molecular complexity index is 717. The van der Waals surface area contributed by atoms with Gasteiger partial charge in [-0.1, -0.05) is 6.92 Å². The van der Waals surface area contributed by atoms with Crippen LogP contribution in [0.25, 0.3) is 0 Å². The SMILES string of the molecule is CC1CC1C(=O)OCC(=O)Nc1cc(C(F)(F)F)ccc1N1CCOCC1. The molecule has 1 amide bonds. The zero-order valence-electron chi connectivity index (χ0n) is 14.8. The third kappa shape index (κ3) is 4.91. The van der Waals surface area contributed by atoms with Crippen molar-refractivity contribution in [3.05, 3.63) is 23.8 Å². The van der Waals surface area contributed by atoms with Gasteiger partial charge in [-0.05, 0) is 30.5 Å². The molecule has 1 aliphatic carbocycles. The molecular formula is C18H21F3N2O4. The number of carbonyl (C=O) groups is 2. The minimum Gasteiger partial charge on any atom is -0.455 e. The first-order chi connectivity index (χ1) is 12.8. The van der Waals surface area contributed by atoms with Crippen molar-refractivity contribution in [1.29, 1.82) is 0 Å². The second-order valence-corrected chi connectivity index (χ2v) is 6.80. The first-order valence-corrected chi connectivity index (χ1v) is 8.76. The molecule has 1 heterocycles. The maximum atomic E-state index is 13.0. The average Bonchev–Trinajstić information content (AvgIpc) is 3.36. The van der Waals surface area contributed by atoms with Crippen LogP contribution in [-0.2, 0) is 25.2 Å². The first kappa shape index (κ1) is 19.5. The smallest absolute Gasteiger partial charge is 0.416 e. The Balaban J connectivity index is 1.72. The van der Waals surface area contributed by atoms with Crippen molar-refractivity contribution in [2.24, 2.45) is 11.8 Å². The molecule has 0 spiro atoms. The molecule has 27 heavy (non-hydrogen) atoms. The summed E-state index contributed by atoms with van der Waals surface area (Å²) in [6.07, 6.45) is -3.80. The zero-order valence-corrected chi connectivity index (χ0v) is 14.8. The number of morpholine rings is 1. The first-order valence-electron chi connectivity index (χ1n) is 8.76. The van der Waals surface area contributed by atoms with Gasteiger partial charge in [-0.2, -0.15) is 13.2 Å². The van der Waals surface area contributed by atoms with Gasteiger partial charge in [0.15, 0.2) is 6.61 Å². The van der Waals surface area contributed by atoms with Crippen LogP contribution in [0.15, 0.2) is 18.2 Å². The standard InChI is InChI=1S/C18H21F3N2O4/c1-11-8-13(11)17(25)27-10-16(24)22-14-9-12(18(19,20)21)2-3-15(14)23-4-6-26-7-5-23/h2-3,9,11,13H,4-8,10H2,1H3,(H,22,24). The highest BCUT2D eigenvalue weighted by Gasteiger charge is 2.40. The molecule has 2 unspecified atom stereocenters. The molecule has 1 aromatic rings. The largest absolute Gasteiger partial charge is 0.455 e. The van der Waals surface area contributed by atoms with Crippen molar-refractivity contribution in [2.45, 2.75) is 19.5 Å². The number of ether oxygens (including phenoxy) is 2. The molecule has 1 aliphatic heterocycles. The summed E-state index contributed by atoms with van der Waals surface area (Å²) in [4.78, 5) is 25.7. The van der Waals surface area contributed by atoms with Gasteiger partial charge in [0.25, 0.3) is 5.91 Å². The van der Waals surface area contributed by atoms with Crippen LogP contribution in [0.2, 0.25) is 0 Å². The monoisotopic (exact) mass is 386 g/mol. The molecule has 3 rings (SSSR count). The number of halogens is 3. The van der Waals surface area contributed by atoms with Gasteiger partial charge in [-0.3, -0.25) is 9.59 Å². The summed E-state index contributed by atoms with van der Waals surface area (Å²) in [7, 11) is 0. The summed E-state index contributed by atoms with van der Waals surface area (Å²) >= 11 is 0. The van der Waals surface area contributed by atoms with E-state index >= 15 is 0 Å². The Hall–Kier alpha value is -2.29. The molecule has 9 heteroatoms. The molecule has 1 saturated heterocycles. The van der Waals surface area contributed by atoms with E-state index in [2.05, 4.69) is 5.32 Å². The average molecular weight is 386 g/mol. The number of nitrogens with one attached hydrogen (secondary N) is 1. The molecular weight excluding hydrogens is 365 g/mol. The van der Waals surface area contributed by atoms with E-state index in [1.54, 1.807) is 0 Å². The summed E-state index contributed by atoms with van der Waals surface area (Å²) in [5.41, 5.74) is -0.354. The highest BCUT2D eigenvalue weighted by atomic mass is 19.4. The van der Waals surface area contributed by atoms with Gasteiger partial charge in [-0.15, -0.1) is 0 Å². The van der Waals surface area contributed by atoms with Crippen LogP contribution in [0.1, 0.15) is 18.9 Å². The summed E-state index contributed by atoms with van der Waals surface area (Å²) in [6.45, 7) is 3.28. The number of esters is 1. The van der Waals surface area contributed by atoms with E-state index in [4.69, 9.17) is 9.47 Å². The number of anilines is 2. The third-order valence-corrected chi connectivity index (χ3v) is 4.71. The lowest BCUT2D eigenvalue weighted by Gasteiger charge is -2.31. The molecule has 2 fully saturated rings. The molecule has 1 aromatic carbocycles. The molecule has 0 radical (unpaired) electrons. The quantitative estimate of drug-likeness (QED) is 0.788. The minimum absolute atomic E-state index is 0.0348. The van der Waals surface area contributed by atoms with E-state index in [0.717, 1.165) is 18.6 Å². The van der Waals surface area contributed by atoms with E-state index in [1.807, 2.05) is 11.8 Å². The van der Waals surface area contributed by atoms with Gasteiger partial charge in [0.05, 0.1) is 36.1 Å². The second kappa shape index (κ2) is 7.75. The molecule has 1 N–H and O–H groups in total. The number of alkyl halides is 3. The van der Waals surface area contributed by atoms with Crippen molar-refractivity contribution in [3.63, 3.8) is 0 Å². The Labute approximate surface area is 154 Å². The number of hydrogen-bond donors (Lipinski definition) is 1. The molecule has 1 saturated carbocycles. The number of rotatable bonds is 5. The molecule has 0 aromatic heterocycles. The van der Waals surface area contributed by atoms with Crippen LogP contribution < -0.4 is 10.2 Å². The molecule has 6 nitrogen and oxygen atoms in total.